The van der Waals surface area contributed by atoms with Crippen LogP contribution in [-0.2, 0) is 9.59 Å². The van der Waals surface area contributed by atoms with E-state index in [4.69, 9.17) is 16.3 Å². The standard InChI is InChI=1S/C21H27ClFN5O3/c22-15-2-1-14(5-16(15)23)31-11-19(29)27-21-6-12(7-21)17(8-21)26-20(30)13-9-24-18-3-4-25-28(18)10-13/h1-2,5,12-13,17-18,24-25H,3-4,6-11H2,(H,26,30)(H,27,29)/t12?,13?,17-,18?,21?/m0/s1. The first kappa shape index (κ1) is 20.9. The monoisotopic (exact) mass is 451 g/mol. The van der Waals surface area contributed by atoms with Crippen molar-refractivity contribution in [1.29, 1.82) is 0 Å². The van der Waals surface area contributed by atoms with Gasteiger partial charge in [-0.05, 0) is 43.7 Å². The number of halogens is 2. The van der Waals surface area contributed by atoms with Crippen LogP contribution < -0.4 is 26.1 Å². The Morgan fingerprint density at radius 3 is 2.97 bits per heavy atom. The van der Waals surface area contributed by atoms with Gasteiger partial charge in [0.25, 0.3) is 5.91 Å². The Morgan fingerprint density at radius 1 is 1.32 bits per heavy atom. The summed E-state index contributed by atoms with van der Waals surface area (Å²) in [6.45, 7) is 2.15. The number of amides is 2. The predicted octanol–water partition coefficient (Wildman–Crippen LogP) is 0.767. The predicted molar refractivity (Wildman–Crippen MR) is 112 cm³/mol. The summed E-state index contributed by atoms with van der Waals surface area (Å²) in [5, 5.41) is 11.8. The molecule has 2 heterocycles. The van der Waals surface area contributed by atoms with Gasteiger partial charge in [0.1, 0.15) is 11.6 Å². The van der Waals surface area contributed by atoms with Gasteiger partial charge < -0.3 is 15.4 Å². The minimum absolute atomic E-state index is 0.00997. The molecule has 3 aliphatic carbocycles. The molecule has 2 amide bonds. The van der Waals surface area contributed by atoms with Gasteiger partial charge in [-0.25, -0.2) is 9.40 Å². The molecule has 10 heteroatoms. The third-order valence-electron chi connectivity index (χ3n) is 6.98. The van der Waals surface area contributed by atoms with Crippen LogP contribution in [-0.4, -0.2) is 60.8 Å². The molecule has 31 heavy (non-hydrogen) atoms. The zero-order chi connectivity index (χ0) is 21.6. The summed E-state index contributed by atoms with van der Waals surface area (Å²) in [5.74, 6) is -0.190. The first-order chi connectivity index (χ1) is 14.9. The van der Waals surface area contributed by atoms with Crippen molar-refractivity contribution in [3.8, 4) is 5.75 Å². The van der Waals surface area contributed by atoms with E-state index in [0.717, 1.165) is 38.3 Å². The average molecular weight is 452 g/mol. The van der Waals surface area contributed by atoms with E-state index in [1.165, 1.54) is 12.1 Å². The molecule has 1 aromatic carbocycles. The number of nitrogens with zero attached hydrogens (tertiary/aromatic N) is 1. The van der Waals surface area contributed by atoms with Crippen molar-refractivity contribution in [1.82, 2.24) is 26.4 Å². The van der Waals surface area contributed by atoms with E-state index in [9.17, 15) is 14.0 Å². The molecular weight excluding hydrogens is 425 g/mol. The Labute approximate surface area is 185 Å². The Morgan fingerprint density at radius 2 is 2.16 bits per heavy atom. The van der Waals surface area contributed by atoms with Gasteiger partial charge in [-0.2, -0.15) is 0 Å². The van der Waals surface area contributed by atoms with Gasteiger partial charge in [0.15, 0.2) is 6.61 Å². The molecule has 3 saturated carbocycles. The highest BCUT2D eigenvalue weighted by Gasteiger charge is 2.57. The molecular formula is C21H27ClFN5O3. The van der Waals surface area contributed by atoms with Crippen molar-refractivity contribution in [2.45, 2.75) is 43.4 Å². The number of hydrazine groups is 1. The first-order valence-corrected chi connectivity index (χ1v) is 11.2. The third-order valence-corrected chi connectivity index (χ3v) is 7.28. The van der Waals surface area contributed by atoms with Gasteiger partial charge in [-0.15, -0.1) is 0 Å². The SMILES string of the molecule is O=C(COc1ccc(Cl)c(F)c1)NC12CC(C1)[C@@H](NC(=O)C1CNC3CCNN3C1)C2. The summed E-state index contributed by atoms with van der Waals surface area (Å²) in [6.07, 6.45) is 3.83. The number of fused-ring (bicyclic) bond motifs is 2. The van der Waals surface area contributed by atoms with Crippen molar-refractivity contribution < 1.29 is 18.7 Å². The molecule has 2 unspecified atom stereocenters. The fourth-order valence-corrected chi connectivity index (χ4v) is 5.54. The molecule has 2 aliphatic heterocycles. The summed E-state index contributed by atoms with van der Waals surface area (Å²) in [4.78, 5) is 25.2. The van der Waals surface area contributed by atoms with Gasteiger partial charge in [-0.3, -0.25) is 20.3 Å². The maximum atomic E-state index is 13.5. The fraction of sp³-hybridized carbons (Fsp3) is 0.619. The summed E-state index contributed by atoms with van der Waals surface area (Å²) >= 11 is 5.65. The summed E-state index contributed by atoms with van der Waals surface area (Å²) in [7, 11) is 0. The maximum absolute atomic E-state index is 13.5. The molecule has 2 bridgehead atoms. The minimum Gasteiger partial charge on any atom is -0.484 e. The normalized spacial score (nSPS) is 34.0. The van der Waals surface area contributed by atoms with E-state index in [1.807, 2.05) is 0 Å². The van der Waals surface area contributed by atoms with Crippen LogP contribution in [0.1, 0.15) is 25.7 Å². The van der Waals surface area contributed by atoms with Crippen molar-refractivity contribution >= 4 is 23.4 Å². The van der Waals surface area contributed by atoms with Gasteiger partial charge >= 0.3 is 0 Å². The minimum atomic E-state index is -0.585. The number of hydrogen-bond acceptors (Lipinski definition) is 6. The summed E-state index contributed by atoms with van der Waals surface area (Å²) in [6, 6.07) is 4.17. The van der Waals surface area contributed by atoms with Gasteiger partial charge in [0.05, 0.1) is 17.1 Å². The maximum Gasteiger partial charge on any atom is 0.258 e. The number of carbonyl (C=O) groups is 2. The van der Waals surface area contributed by atoms with Crippen molar-refractivity contribution in [3.63, 3.8) is 0 Å². The number of hydrogen-bond donors (Lipinski definition) is 4. The highest BCUT2D eigenvalue weighted by atomic mass is 35.5. The number of benzene rings is 1. The van der Waals surface area contributed by atoms with Crippen LogP contribution in [0.4, 0.5) is 4.39 Å². The van der Waals surface area contributed by atoms with Crippen LogP contribution in [0.5, 0.6) is 5.75 Å². The molecule has 2 saturated heterocycles. The van der Waals surface area contributed by atoms with Crippen LogP contribution in [0.2, 0.25) is 5.02 Å². The van der Waals surface area contributed by atoms with Gasteiger partial charge in [0, 0.05) is 37.3 Å². The third kappa shape index (κ3) is 4.24. The lowest BCUT2D eigenvalue weighted by Gasteiger charge is -2.39. The lowest BCUT2D eigenvalue weighted by atomic mass is 9.76. The molecule has 0 spiro atoms. The molecule has 168 valence electrons. The second kappa shape index (κ2) is 8.20. The number of rotatable bonds is 6. The van der Waals surface area contributed by atoms with Crippen LogP contribution in [0.15, 0.2) is 18.2 Å². The highest BCUT2D eigenvalue weighted by Crippen LogP contribution is 2.52. The van der Waals surface area contributed by atoms with Crippen LogP contribution >= 0.6 is 11.6 Å². The zero-order valence-corrected chi connectivity index (χ0v) is 17.9. The molecule has 5 fully saturated rings. The molecule has 5 aliphatic rings. The van der Waals surface area contributed by atoms with E-state index in [2.05, 4.69) is 26.4 Å². The van der Waals surface area contributed by atoms with Gasteiger partial charge in [0.2, 0.25) is 5.91 Å². The Balaban J connectivity index is 1.08. The Bertz CT molecular complexity index is 881. The summed E-state index contributed by atoms with van der Waals surface area (Å²) < 4.78 is 18.9. The van der Waals surface area contributed by atoms with E-state index >= 15 is 0 Å². The average Bonchev–Trinajstić information content (AvgIpc) is 3.40. The Hall–Kier alpha value is -1.94. The van der Waals surface area contributed by atoms with Crippen molar-refractivity contribution in [3.05, 3.63) is 29.0 Å². The lowest BCUT2D eigenvalue weighted by Crippen LogP contribution is -2.58. The molecule has 4 N–H and O–H groups in total. The molecule has 0 aromatic heterocycles. The lowest BCUT2D eigenvalue weighted by molar-refractivity contribution is -0.128. The van der Waals surface area contributed by atoms with E-state index in [1.54, 1.807) is 0 Å². The van der Waals surface area contributed by atoms with E-state index in [-0.39, 0.29) is 46.7 Å². The van der Waals surface area contributed by atoms with Crippen molar-refractivity contribution in [2.24, 2.45) is 11.8 Å². The topological polar surface area (TPSA) is 94.7 Å². The number of nitrogens with one attached hydrogen (secondary N) is 4. The second-order valence-corrected chi connectivity index (χ2v) is 9.56. The number of ether oxygens (including phenoxy) is 1. The fourth-order valence-electron chi connectivity index (χ4n) is 5.42. The largest absolute Gasteiger partial charge is 0.484 e. The van der Waals surface area contributed by atoms with Gasteiger partial charge in [-0.1, -0.05) is 11.6 Å². The quantitative estimate of drug-likeness (QED) is 0.510. The molecule has 8 nitrogen and oxygen atoms in total. The first-order valence-electron chi connectivity index (χ1n) is 10.8. The molecule has 3 atom stereocenters. The van der Waals surface area contributed by atoms with E-state index in [0.29, 0.717) is 25.2 Å². The Kier molecular flexibility index (Phi) is 5.54. The second-order valence-electron chi connectivity index (χ2n) is 9.15. The molecule has 6 rings (SSSR count). The van der Waals surface area contributed by atoms with E-state index < -0.39 is 5.82 Å². The van der Waals surface area contributed by atoms with Crippen LogP contribution in [0.25, 0.3) is 0 Å². The molecule has 1 aromatic rings. The zero-order valence-electron chi connectivity index (χ0n) is 17.1. The van der Waals surface area contributed by atoms with Crippen LogP contribution in [0.3, 0.4) is 0 Å². The molecule has 0 radical (unpaired) electrons. The van der Waals surface area contributed by atoms with Crippen molar-refractivity contribution in [2.75, 3.05) is 26.2 Å². The number of carbonyl (C=O) groups excluding carboxylic acids is 2. The smallest absolute Gasteiger partial charge is 0.258 e. The van der Waals surface area contributed by atoms with Crippen LogP contribution in [0, 0.1) is 17.7 Å². The highest BCUT2D eigenvalue weighted by molar-refractivity contribution is 6.30. The summed E-state index contributed by atoms with van der Waals surface area (Å²) in [5.41, 5.74) is 3.04.